The number of hydrogen-bond acceptors (Lipinski definition) is 2. The van der Waals surface area contributed by atoms with E-state index in [0.717, 1.165) is 12.0 Å². The van der Waals surface area contributed by atoms with Crippen LogP contribution in [0.2, 0.25) is 0 Å². The summed E-state index contributed by atoms with van der Waals surface area (Å²) in [5.41, 5.74) is 6.51. The van der Waals surface area contributed by atoms with Gasteiger partial charge in [-0.25, -0.2) is 0 Å². The second-order valence-electron chi connectivity index (χ2n) is 2.20. The summed E-state index contributed by atoms with van der Waals surface area (Å²) in [6.07, 6.45) is 6.59. The summed E-state index contributed by atoms with van der Waals surface area (Å²) < 4.78 is 0. The van der Waals surface area contributed by atoms with E-state index in [4.69, 9.17) is 10.8 Å². The van der Waals surface area contributed by atoms with Gasteiger partial charge in [0, 0.05) is 6.04 Å². The van der Waals surface area contributed by atoms with E-state index in [-0.39, 0.29) is 12.6 Å². The molecule has 2 nitrogen and oxygen atoms in total. The largest absolute Gasteiger partial charge is 0.392 e. The average Bonchev–Trinajstić information content (AvgIpc) is 1.90. The van der Waals surface area contributed by atoms with Crippen LogP contribution in [0.25, 0.3) is 0 Å². The molecule has 0 bridgehead atoms. The van der Waals surface area contributed by atoms with Crippen molar-refractivity contribution in [3.05, 3.63) is 23.8 Å². The zero-order valence-corrected chi connectivity index (χ0v) is 5.25. The first-order chi connectivity index (χ1) is 4.33. The molecule has 0 amide bonds. The summed E-state index contributed by atoms with van der Waals surface area (Å²) in [4.78, 5) is 0. The molecule has 0 aromatic rings. The summed E-state index contributed by atoms with van der Waals surface area (Å²) in [7, 11) is 0. The van der Waals surface area contributed by atoms with E-state index in [2.05, 4.69) is 0 Å². The first-order valence-corrected chi connectivity index (χ1v) is 3.06. The maximum atomic E-state index is 8.62. The molecule has 0 fully saturated rings. The van der Waals surface area contributed by atoms with E-state index >= 15 is 0 Å². The number of nitrogens with two attached hydrogens (primary N) is 1. The van der Waals surface area contributed by atoms with Crippen LogP contribution in [-0.4, -0.2) is 17.8 Å². The van der Waals surface area contributed by atoms with Crippen molar-refractivity contribution in [2.24, 2.45) is 5.73 Å². The lowest BCUT2D eigenvalue weighted by Crippen LogP contribution is -2.17. The molecule has 0 aromatic heterocycles. The van der Waals surface area contributed by atoms with Gasteiger partial charge in [-0.05, 0) is 12.0 Å². The fourth-order valence-corrected chi connectivity index (χ4v) is 0.799. The molecule has 0 saturated carbocycles. The van der Waals surface area contributed by atoms with Crippen molar-refractivity contribution in [3.8, 4) is 0 Å². The van der Waals surface area contributed by atoms with E-state index in [1.165, 1.54) is 0 Å². The molecule has 3 N–H and O–H groups in total. The zero-order chi connectivity index (χ0) is 6.69. The van der Waals surface area contributed by atoms with Crippen molar-refractivity contribution in [3.63, 3.8) is 0 Å². The zero-order valence-electron chi connectivity index (χ0n) is 5.25. The minimum Gasteiger partial charge on any atom is -0.392 e. The minimum atomic E-state index is 0.128. The van der Waals surface area contributed by atoms with Crippen LogP contribution in [0.5, 0.6) is 0 Å². The summed E-state index contributed by atoms with van der Waals surface area (Å²) in [5, 5.41) is 8.62. The maximum Gasteiger partial charge on any atom is 0.0678 e. The Morgan fingerprint density at radius 3 is 3.00 bits per heavy atom. The van der Waals surface area contributed by atoms with Gasteiger partial charge in [-0.1, -0.05) is 18.2 Å². The van der Waals surface area contributed by atoms with Crippen LogP contribution in [0.3, 0.4) is 0 Å². The Morgan fingerprint density at radius 2 is 2.56 bits per heavy atom. The first-order valence-electron chi connectivity index (χ1n) is 3.06. The van der Waals surface area contributed by atoms with E-state index < -0.39 is 0 Å². The SMILES string of the molecule is NC1C=CC(CO)=CC1. The molecule has 2 heteroatoms. The van der Waals surface area contributed by atoms with Gasteiger partial charge < -0.3 is 10.8 Å². The first kappa shape index (κ1) is 6.52. The topological polar surface area (TPSA) is 46.2 Å². The Morgan fingerprint density at radius 1 is 1.78 bits per heavy atom. The highest BCUT2D eigenvalue weighted by atomic mass is 16.3. The van der Waals surface area contributed by atoms with Gasteiger partial charge in [0.15, 0.2) is 0 Å². The van der Waals surface area contributed by atoms with E-state index in [0.29, 0.717) is 0 Å². The van der Waals surface area contributed by atoms with Gasteiger partial charge in [0.1, 0.15) is 0 Å². The molecule has 0 spiro atoms. The lowest BCUT2D eigenvalue weighted by molar-refractivity contribution is 0.334. The highest BCUT2D eigenvalue weighted by Gasteiger charge is 2.00. The van der Waals surface area contributed by atoms with Crippen molar-refractivity contribution >= 4 is 0 Å². The van der Waals surface area contributed by atoms with Gasteiger partial charge >= 0.3 is 0 Å². The third-order valence-corrected chi connectivity index (χ3v) is 1.39. The van der Waals surface area contributed by atoms with Crippen molar-refractivity contribution in [2.45, 2.75) is 12.5 Å². The summed E-state index contributed by atoms with van der Waals surface area (Å²) >= 11 is 0. The molecule has 50 valence electrons. The van der Waals surface area contributed by atoms with Crippen molar-refractivity contribution < 1.29 is 5.11 Å². The van der Waals surface area contributed by atoms with Crippen LogP contribution in [-0.2, 0) is 0 Å². The number of hydrogen-bond donors (Lipinski definition) is 2. The van der Waals surface area contributed by atoms with Crippen LogP contribution >= 0.6 is 0 Å². The monoisotopic (exact) mass is 125 g/mol. The third-order valence-electron chi connectivity index (χ3n) is 1.39. The van der Waals surface area contributed by atoms with Crippen LogP contribution in [0.1, 0.15) is 6.42 Å². The highest BCUT2D eigenvalue weighted by Crippen LogP contribution is 2.07. The van der Waals surface area contributed by atoms with Gasteiger partial charge in [0.05, 0.1) is 6.61 Å². The molecule has 1 aliphatic carbocycles. The normalized spacial score (nSPS) is 26.0. The van der Waals surface area contributed by atoms with E-state index in [1.54, 1.807) is 0 Å². The van der Waals surface area contributed by atoms with Crippen LogP contribution in [0.4, 0.5) is 0 Å². The van der Waals surface area contributed by atoms with Gasteiger partial charge in [-0.2, -0.15) is 0 Å². The Bertz CT molecular complexity index is 149. The fraction of sp³-hybridized carbons (Fsp3) is 0.429. The van der Waals surface area contributed by atoms with Crippen LogP contribution < -0.4 is 5.73 Å². The quantitative estimate of drug-likeness (QED) is 0.525. The molecule has 1 rings (SSSR count). The van der Waals surface area contributed by atoms with Crippen LogP contribution in [0.15, 0.2) is 23.8 Å². The number of aliphatic hydroxyl groups excluding tert-OH is 1. The second-order valence-corrected chi connectivity index (χ2v) is 2.20. The molecule has 1 atom stereocenters. The maximum absolute atomic E-state index is 8.62. The van der Waals surface area contributed by atoms with Crippen LogP contribution in [0, 0.1) is 0 Å². The Labute approximate surface area is 54.7 Å². The summed E-state index contributed by atoms with van der Waals surface area (Å²) in [6, 6.07) is 0.153. The molecule has 0 aliphatic heterocycles. The van der Waals surface area contributed by atoms with E-state index in [1.807, 2.05) is 18.2 Å². The van der Waals surface area contributed by atoms with Crippen molar-refractivity contribution in [1.29, 1.82) is 0 Å². The molecular formula is C7H11NO. The average molecular weight is 125 g/mol. The molecule has 0 heterocycles. The molecular weight excluding hydrogens is 114 g/mol. The second kappa shape index (κ2) is 2.80. The highest BCUT2D eigenvalue weighted by molar-refractivity contribution is 5.24. The van der Waals surface area contributed by atoms with Crippen molar-refractivity contribution in [1.82, 2.24) is 0 Å². The van der Waals surface area contributed by atoms with Gasteiger partial charge in [-0.15, -0.1) is 0 Å². The fourth-order valence-electron chi connectivity index (χ4n) is 0.799. The molecule has 1 aliphatic rings. The minimum absolute atomic E-state index is 0.128. The Kier molecular flexibility index (Phi) is 2.03. The summed E-state index contributed by atoms with van der Waals surface area (Å²) in [6.45, 7) is 0.128. The molecule has 1 unspecified atom stereocenters. The molecule has 0 radical (unpaired) electrons. The predicted molar refractivity (Wildman–Crippen MR) is 36.9 cm³/mol. The van der Waals surface area contributed by atoms with Crippen molar-refractivity contribution in [2.75, 3.05) is 6.61 Å². The van der Waals surface area contributed by atoms with Gasteiger partial charge in [-0.3, -0.25) is 0 Å². The smallest absolute Gasteiger partial charge is 0.0678 e. The van der Waals surface area contributed by atoms with Gasteiger partial charge in [0.25, 0.3) is 0 Å². The predicted octanol–water partition coefficient (Wildman–Crippen LogP) is 0.192. The Hall–Kier alpha value is -0.600. The molecule has 0 saturated heterocycles. The lowest BCUT2D eigenvalue weighted by atomic mass is 10.0. The van der Waals surface area contributed by atoms with E-state index in [9.17, 15) is 0 Å². The molecule has 9 heavy (non-hydrogen) atoms. The summed E-state index contributed by atoms with van der Waals surface area (Å²) in [5.74, 6) is 0. The lowest BCUT2D eigenvalue weighted by Gasteiger charge is -2.08. The number of rotatable bonds is 1. The number of aliphatic hydroxyl groups is 1. The Balaban J connectivity index is 2.52. The third kappa shape index (κ3) is 1.66. The van der Waals surface area contributed by atoms with Gasteiger partial charge in [0.2, 0.25) is 0 Å². The molecule has 0 aromatic carbocycles. The standard InChI is InChI=1S/C7H11NO/c8-7-3-1-6(5-9)2-4-7/h1-3,7,9H,4-5,8H2.